The molecule has 130 valence electrons. The number of nitro benzene ring substituents is 1. The number of nitro groups is 1. The van der Waals surface area contributed by atoms with Gasteiger partial charge in [0.2, 0.25) is 12.7 Å². The summed E-state index contributed by atoms with van der Waals surface area (Å²) in [6, 6.07) is 9.78. The van der Waals surface area contributed by atoms with Gasteiger partial charge in [0.25, 0.3) is 5.69 Å². The molecule has 2 aliphatic rings. The van der Waals surface area contributed by atoms with Crippen molar-refractivity contribution in [2.45, 2.75) is 6.92 Å². The summed E-state index contributed by atoms with van der Waals surface area (Å²) in [5.41, 5.74) is 1.61. The van der Waals surface area contributed by atoms with Gasteiger partial charge >= 0.3 is 5.97 Å². The largest absolute Gasteiger partial charge is 0.454 e. The van der Waals surface area contributed by atoms with Crippen LogP contribution >= 0.6 is 0 Å². The summed E-state index contributed by atoms with van der Waals surface area (Å²) in [5.74, 6) is 0.632. The predicted molar refractivity (Wildman–Crippen MR) is 91.0 cm³/mol. The third kappa shape index (κ3) is 2.77. The monoisotopic (exact) mass is 352 g/mol. The summed E-state index contributed by atoms with van der Waals surface area (Å²) < 4.78 is 15.7. The van der Waals surface area contributed by atoms with Crippen LogP contribution in [0.2, 0.25) is 0 Å². The third-order valence-corrected chi connectivity index (χ3v) is 3.97. The van der Waals surface area contributed by atoms with Crippen molar-refractivity contribution in [1.82, 2.24) is 0 Å². The number of fused-ring (bicyclic) bond motifs is 1. The number of aryl methyl sites for hydroxylation is 1. The maximum Gasteiger partial charge on any atom is 0.363 e. The highest BCUT2D eigenvalue weighted by Gasteiger charge is 2.26. The van der Waals surface area contributed by atoms with Crippen LogP contribution in [0.3, 0.4) is 0 Å². The Hall–Kier alpha value is -3.68. The van der Waals surface area contributed by atoms with Gasteiger partial charge in [-0.3, -0.25) is 10.1 Å². The molecule has 0 radical (unpaired) electrons. The van der Waals surface area contributed by atoms with Crippen LogP contribution in [-0.4, -0.2) is 23.6 Å². The number of benzene rings is 2. The summed E-state index contributed by atoms with van der Waals surface area (Å²) in [7, 11) is 0. The predicted octanol–water partition coefficient (Wildman–Crippen LogP) is 2.98. The van der Waals surface area contributed by atoms with Gasteiger partial charge in [0.1, 0.15) is 0 Å². The Morgan fingerprint density at radius 1 is 1.15 bits per heavy atom. The van der Waals surface area contributed by atoms with E-state index in [1.165, 1.54) is 6.07 Å². The van der Waals surface area contributed by atoms with Crippen molar-refractivity contribution in [2.24, 2.45) is 4.99 Å². The van der Waals surface area contributed by atoms with E-state index in [-0.39, 0.29) is 24.1 Å². The Bertz CT molecular complexity index is 1010. The van der Waals surface area contributed by atoms with Crippen LogP contribution in [0.1, 0.15) is 16.7 Å². The number of hydrogen-bond donors (Lipinski definition) is 0. The summed E-state index contributed by atoms with van der Waals surface area (Å²) >= 11 is 0. The zero-order valence-corrected chi connectivity index (χ0v) is 13.6. The Balaban J connectivity index is 1.67. The van der Waals surface area contributed by atoms with Gasteiger partial charge in [0.15, 0.2) is 17.2 Å². The molecule has 0 fully saturated rings. The van der Waals surface area contributed by atoms with Gasteiger partial charge in [-0.1, -0.05) is 12.1 Å². The van der Waals surface area contributed by atoms with Crippen molar-refractivity contribution in [2.75, 3.05) is 6.79 Å². The van der Waals surface area contributed by atoms with E-state index in [1.54, 1.807) is 43.3 Å². The van der Waals surface area contributed by atoms with Crippen LogP contribution in [0.5, 0.6) is 11.5 Å². The average Bonchev–Trinajstić information content (AvgIpc) is 3.21. The smallest absolute Gasteiger partial charge is 0.363 e. The molecule has 0 saturated carbocycles. The number of cyclic esters (lactones) is 1. The lowest BCUT2D eigenvalue weighted by atomic mass is 10.1. The summed E-state index contributed by atoms with van der Waals surface area (Å²) in [4.78, 5) is 26.8. The lowest BCUT2D eigenvalue weighted by Crippen LogP contribution is -2.06. The zero-order chi connectivity index (χ0) is 18.3. The molecule has 0 spiro atoms. The Kier molecular flexibility index (Phi) is 3.65. The molecule has 0 aliphatic carbocycles. The van der Waals surface area contributed by atoms with E-state index in [0.717, 1.165) is 0 Å². The van der Waals surface area contributed by atoms with Gasteiger partial charge in [0.05, 0.1) is 4.92 Å². The normalized spacial score (nSPS) is 16.6. The van der Waals surface area contributed by atoms with Gasteiger partial charge < -0.3 is 14.2 Å². The van der Waals surface area contributed by atoms with Crippen LogP contribution in [0.25, 0.3) is 6.08 Å². The highest BCUT2D eigenvalue weighted by atomic mass is 16.7. The van der Waals surface area contributed by atoms with Crippen molar-refractivity contribution < 1.29 is 23.9 Å². The van der Waals surface area contributed by atoms with E-state index >= 15 is 0 Å². The highest BCUT2D eigenvalue weighted by Crippen LogP contribution is 2.33. The van der Waals surface area contributed by atoms with Gasteiger partial charge in [0, 0.05) is 17.2 Å². The third-order valence-electron chi connectivity index (χ3n) is 3.97. The van der Waals surface area contributed by atoms with Crippen LogP contribution < -0.4 is 9.47 Å². The molecule has 0 aromatic heterocycles. The first kappa shape index (κ1) is 15.8. The number of carbonyl (C=O) groups excluding carboxylic acids is 1. The number of rotatable bonds is 3. The summed E-state index contributed by atoms with van der Waals surface area (Å²) in [6.45, 7) is 1.79. The molecule has 2 aliphatic heterocycles. The second kappa shape index (κ2) is 5.99. The number of hydrogen-bond acceptors (Lipinski definition) is 7. The van der Waals surface area contributed by atoms with Crippen molar-refractivity contribution in [1.29, 1.82) is 0 Å². The number of ether oxygens (including phenoxy) is 3. The minimum atomic E-state index is -0.624. The lowest BCUT2D eigenvalue weighted by molar-refractivity contribution is -0.385. The second-order valence-corrected chi connectivity index (χ2v) is 5.71. The molecule has 0 atom stereocenters. The molecule has 26 heavy (non-hydrogen) atoms. The molecule has 0 bridgehead atoms. The fourth-order valence-electron chi connectivity index (χ4n) is 2.63. The molecule has 0 amide bonds. The summed E-state index contributed by atoms with van der Waals surface area (Å²) in [5, 5.41) is 11.1. The molecule has 4 rings (SSSR count). The maximum absolute atomic E-state index is 12.1. The summed E-state index contributed by atoms with van der Waals surface area (Å²) in [6.07, 6.45) is 1.56. The highest BCUT2D eigenvalue weighted by molar-refractivity contribution is 6.13. The second-order valence-electron chi connectivity index (χ2n) is 5.71. The molecular formula is C18H12N2O6. The Morgan fingerprint density at radius 2 is 1.96 bits per heavy atom. The average molecular weight is 352 g/mol. The van der Waals surface area contributed by atoms with Crippen molar-refractivity contribution in [3.63, 3.8) is 0 Å². The number of carbonyl (C=O) groups is 1. The van der Waals surface area contributed by atoms with E-state index < -0.39 is 10.9 Å². The minimum absolute atomic E-state index is 0.0325. The molecular weight excluding hydrogens is 340 g/mol. The molecule has 2 heterocycles. The van der Waals surface area contributed by atoms with Gasteiger partial charge in [-0.15, -0.1) is 0 Å². The molecule has 0 N–H and O–H groups in total. The van der Waals surface area contributed by atoms with Gasteiger partial charge in [-0.2, -0.15) is 0 Å². The molecule has 0 saturated heterocycles. The van der Waals surface area contributed by atoms with E-state index in [1.807, 2.05) is 0 Å². The molecule has 2 aromatic rings. The van der Waals surface area contributed by atoms with E-state index in [0.29, 0.717) is 28.2 Å². The first-order valence-electron chi connectivity index (χ1n) is 7.69. The van der Waals surface area contributed by atoms with E-state index in [4.69, 9.17) is 14.2 Å². The minimum Gasteiger partial charge on any atom is -0.454 e. The molecule has 0 unspecified atom stereocenters. The van der Waals surface area contributed by atoms with Crippen LogP contribution in [0, 0.1) is 17.0 Å². The first-order valence-corrected chi connectivity index (χ1v) is 7.69. The topological polar surface area (TPSA) is 100 Å². The van der Waals surface area contributed by atoms with Crippen molar-refractivity contribution in [3.05, 3.63) is 68.9 Å². The van der Waals surface area contributed by atoms with Crippen LogP contribution in [0.15, 0.2) is 47.1 Å². The SMILES string of the molecule is Cc1ccc(C2=N/C(=C\c3ccc4c(c3)OCO4)C(=O)O2)cc1[N+](=O)[O-]. The number of nitrogens with zero attached hydrogens (tertiary/aromatic N) is 2. The fraction of sp³-hybridized carbons (Fsp3) is 0.111. The molecule has 8 heteroatoms. The fourth-order valence-corrected chi connectivity index (χ4v) is 2.63. The lowest BCUT2D eigenvalue weighted by Gasteiger charge is -2.01. The first-order chi connectivity index (χ1) is 12.5. The molecule has 2 aromatic carbocycles. The maximum atomic E-state index is 12.1. The van der Waals surface area contributed by atoms with Crippen molar-refractivity contribution in [3.8, 4) is 11.5 Å². The zero-order valence-electron chi connectivity index (χ0n) is 13.6. The van der Waals surface area contributed by atoms with Crippen molar-refractivity contribution >= 4 is 23.6 Å². The number of esters is 1. The molecule has 8 nitrogen and oxygen atoms in total. The van der Waals surface area contributed by atoms with Gasteiger partial charge in [-0.25, -0.2) is 9.79 Å². The van der Waals surface area contributed by atoms with Crippen LogP contribution in [0.4, 0.5) is 5.69 Å². The quantitative estimate of drug-likeness (QED) is 0.364. The van der Waals surface area contributed by atoms with E-state index in [9.17, 15) is 14.9 Å². The van der Waals surface area contributed by atoms with Gasteiger partial charge in [-0.05, 0) is 36.8 Å². The number of aliphatic imine (C=N–C) groups is 1. The van der Waals surface area contributed by atoms with Crippen LogP contribution in [-0.2, 0) is 9.53 Å². The standard InChI is InChI=1S/C18H12N2O6/c1-10-2-4-12(8-14(10)20(22)23)17-19-13(18(21)26-17)6-11-3-5-15-16(7-11)25-9-24-15/h2-8H,9H2,1H3/b13-6-. The Labute approximate surface area is 147 Å². The van der Waals surface area contributed by atoms with E-state index in [2.05, 4.69) is 4.99 Å². The Morgan fingerprint density at radius 3 is 2.77 bits per heavy atom.